The zero-order valence-corrected chi connectivity index (χ0v) is 6.57. The summed E-state index contributed by atoms with van der Waals surface area (Å²) in [7, 11) is 0. The zero-order valence-electron chi connectivity index (χ0n) is 6.57. The number of hydrogen-bond acceptors (Lipinski definition) is 3. The SMILES string of the molecule is N=NCC(N)=Nc1ccccc1. The van der Waals surface area contributed by atoms with Gasteiger partial charge in [0.2, 0.25) is 0 Å². The first-order valence-corrected chi connectivity index (χ1v) is 3.54. The van der Waals surface area contributed by atoms with Gasteiger partial charge in [0.15, 0.2) is 0 Å². The Bertz CT molecular complexity index is 278. The van der Waals surface area contributed by atoms with Crippen LogP contribution in [0.1, 0.15) is 0 Å². The summed E-state index contributed by atoms with van der Waals surface area (Å²) in [6.07, 6.45) is 0. The number of nitrogens with two attached hydrogens (primary N) is 1. The third-order valence-corrected chi connectivity index (χ3v) is 1.27. The number of nitrogens with zero attached hydrogens (tertiary/aromatic N) is 2. The summed E-state index contributed by atoms with van der Waals surface area (Å²) in [6, 6.07) is 9.35. The average molecular weight is 162 g/mol. The summed E-state index contributed by atoms with van der Waals surface area (Å²) in [5.41, 5.74) is 12.8. The van der Waals surface area contributed by atoms with Gasteiger partial charge >= 0.3 is 0 Å². The van der Waals surface area contributed by atoms with Crippen LogP contribution in [0.5, 0.6) is 0 Å². The molecule has 0 spiro atoms. The number of benzene rings is 1. The number of amidine groups is 1. The van der Waals surface area contributed by atoms with E-state index in [1.807, 2.05) is 30.3 Å². The summed E-state index contributed by atoms with van der Waals surface area (Å²) >= 11 is 0. The van der Waals surface area contributed by atoms with E-state index in [1.54, 1.807) is 0 Å². The smallest absolute Gasteiger partial charge is 0.123 e. The molecule has 0 atom stereocenters. The van der Waals surface area contributed by atoms with Gasteiger partial charge in [0.05, 0.1) is 5.69 Å². The Kier molecular flexibility index (Phi) is 2.95. The Morgan fingerprint density at radius 3 is 2.58 bits per heavy atom. The van der Waals surface area contributed by atoms with E-state index < -0.39 is 0 Å². The molecule has 0 unspecified atom stereocenters. The van der Waals surface area contributed by atoms with Gasteiger partial charge in [-0.3, -0.25) is 0 Å². The van der Waals surface area contributed by atoms with E-state index in [-0.39, 0.29) is 6.54 Å². The van der Waals surface area contributed by atoms with E-state index in [2.05, 4.69) is 10.1 Å². The molecule has 1 rings (SSSR count). The molecule has 0 aromatic heterocycles. The summed E-state index contributed by atoms with van der Waals surface area (Å²) in [4.78, 5) is 4.03. The van der Waals surface area contributed by atoms with E-state index >= 15 is 0 Å². The summed E-state index contributed by atoms with van der Waals surface area (Å²) < 4.78 is 0. The van der Waals surface area contributed by atoms with Crippen molar-refractivity contribution in [1.29, 1.82) is 5.53 Å². The van der Waals surface area contributed by atoms with Crippen LogP contribution in [-0.4, -0.2) is 12.4 Å². The van der Waals surface area contributed by atoms with Crippen molar-refractivity contribution < 1.29 is 0 Å². The van der Waals surface area contributed by atoms with E-state index in [9.17, 15) is 0 Å². The lowest BCUT2D eigenvalue weighted by Gasteiger charge is -1.94. The zero-order chi connectivity index (χ0) is 8.81. The highest BCUT2D eigenvalue weighted by atomic mass is 15.0. The standard InChI is InChI=1S/C8H10N4/c9-8(6-11-10)12-7-4-2-1-3-5-7/h1-5,10H,6H2,(H2,9,12). The van der Waals surface area contributed by atoms with Crippen molar-refractivity contribution >= 4 is 11.5 Å². The molecular formula is C8H10N4. The van der Waals surface area contributed by atoms with Crippen LogP contribution in [0.2, 0.25) is 0 Å². The fraction of sp³-hybridized carbons (Fsp3) is 0.125. The maximum Gasteiger partial charge on any atom is 0.123 e. The van der Waals surface area contributed by atoms with Crippen LogP contribution in [0.15, 0.2) is 40.4 Å². The van der Waals surface area contributed by atoms with Crippen molar-refractivity contribution in [3.63, 3.8) is 0 Å². The maximum absolute atomic E-state index is 6.56. The minimum Gasteiger partial charge on any atom is -0.386 e. The lowest BCUT2D eigenvalue weighted by Crippen LogP contribution is -2.14. The molecule has 0 aliphatic carbocycles. The van der Waals surface area contributed by atoms with Crippen LogP contribution >= 0.6 is 0 Å². The van der Waals surface area contributed by atoms with Gasteiger partial charge in [0.1, 0.15) is 12.4 Å². The second-order valence-electron chi connectivity index (χ2n) is 2.25. The Balaban J connectivity index is 2.74. The second-order valence-corrected chi connectivity index (χ2v) is 2.25. The fourth-order valence-electron chi connectivity index (χ4n) is 0.785. The van der Waals surface area contributed by atoms with Crippen LogP contribution in [0.25, 0.3) is 0 Å². The molecule has 0 aliphatic rings. The molecule has 4 heteroatoms. The molecule has 0 amide bonds. The predicted molar refractivity (Wildman–Crippen MR) is 47.7 cm³/mol. The molecule has 1 aromatic rings. The first-order chi connectivity index (χ1) is 5.83. The fourth-order valence-corrected chi connectivity index (χ4v) is 0.785. The normalized spacial score (nSPS) is 11.2. The first-order valence-electron chi connectivity index (χ1n) is 3.54. The highest BCUT2D eigenvalue weighted by Crippen LogP contribution is 2.08. The van der Waals surface area contributed by atoms with Crippen molar-refractivity contribution in [3.8, 4) is 0 Å². The van der Waals surface area contributed by atoms with E-state index in [1.165, 1.54) is 0 Å². The monoisotopic (exact) mass is 162 g/mol. The van der Waals surface area contributed by atoms with Gasteiger partial charge in [0.25, 0.3) is 0 Å². The Morgan fingerprint density at radius 1 is 1.33 bits per heavy atom. The van der Waals surface area contributed by atoms with Gasteiger partial charge in [-0.25, -0.2) is 10.5 Å². The van der Waals surface area contributed by atoms with Crippen LogP contribution in [0.3, 0.4) is 0 Å². The highest BCUT2D eigenvalue weighted by Gasteiger charge is 1.90. The molecule has 0 fully saturated rings. The van der Waals surface area contributed by atoms with Crippen molar-refractivity contribution in [3.05, 3.63) is 30.3 Å². The number of hydrogen-bond donors (Lipinski definition) is 2. The third-order valence-electron chi connectivity index (χ3n) is 1.27. The van der Waals surface area contributed by atoms with Gasteiger partial charge in [-0.05, 0) is 12.1 Å². The highest BCUT2D eigenvalue weighted by molar-refractivity contribution is 5.84. The lowest BCUT2D eigenvalue weighted by atomic mass is 10.3. The molecule has 0 radical (unpaired) electrons. The number of rotatable bonds is 3. The first kappa shape index (κ1) is 8.39. The molecule has 3 N–H and O–H groups in total. The van der Waals surface area contributed by atoms with Crippen molar-refractivity contribution in [2.45, 2.75) is 0 Å². The van der Waals surface area contributed by atoms with Crippen molar-refractivity contribution in [1.82, 2.24) is 0 Å². The van der Waals surface area contributed by atoms with Crippen molar-refractivity contribution in [2.24, 2.45) is 15.8 Å². The molecule has 0 saturated carbocycles. The summed E-state index contributed by atoms with van der Waals surface area (Å²) in [5, 5.41) is 3.13. The Labute approximate surface area is 70.6 Å². The van der Waals surface area contributed by atoms with Gasteiger partial charge in [0, 0.05) is 0 Å². The van der Waals surface area contributed by atoms with Crippen molar-refractivity contribution in [2.75, 3.05) is 6.54 Å². The quantitative estimate of drug-likeness (QED) is 0.396. The Hall–Kier alpha value is -1.71. The number of para-hydroxylation sites is 1. The Morgan fingerprint density at radius 2 is 2.00 bits per heavy atom. The molecule has 1 aromatic carbocycles. The van der Waals surface area contributed by atoms with Gasteiger partial charge in [-0.2, -0.15) is 5.11 Å². The average Bonchev–Trinajstić information content (AvgIpc) is 2.06. The molecule has 62 valence electrons. The summed E-state index contributed by atoms with van der Waals surface area (Å²) in [6.45, 7) is 0.162. The van der Waals surface area contributed by atoms with E-state index in [0.29, 0.717) is 5.84 Å². The minimum absolute atomic E-state index is 0.162. The van der Waals surface area contributed by atoms with Crippen LogP contribution < -0.4 is 5.73 Å². The van der Waals surface area contributed by atoms with Crippen LogP contribution in [0, 0.1) is 5.53 Å². The van der Waals surface area contributed by atoms with E-state index in [0.717, 1.165) is 5.69 Å². The number of aliphatic imine (C=N–C) groups is 1. The van der Waals surface area contributed by atoms with Crippen LogP contribution in [-0.2, 0) is 0 Å². The van der Waals surface area contributed by atoms with Gasteiger partial charge < -0.3 is 5.73 Å². The molecule has 4 nitrogen and oxygen atoms in total. The molecule has 0 bridgehead atoms. The topological polar surface area (TPSA) is 74.6 Å². The van der Waals surface area contributed by atoms with Gasteiger partial charge in [-0.1, -0.05) is 18.2 Å². The van der Waals surface area contributed by atoms with Gasteiger partial charge in [-0.15, -0.1) is 0 Å². The number of nitrogens with one attached hydrogen (secondary N) is 1. The molecular weight excluding hydrogens is 152 g/mol. The largest absolute Gasteiger partial charge is 0.386 e. The molecule has 0 saturated heterocycles. The maximum atomic E-state index is 6.56. The summed E-state index contributed by atoms with van der Waals surface area (Å²) in [5.74, 6) is 0.358. The molecule has 12 heavy (non-hydrogen) atoms. The van der Waals surface area contributed by atoms with E-state index in [4.69, 9.17) is 11.3 Å². The lowest BCUT2D eigenvalue weighted by molar-refractivity contribution is 1.02. The second kappa shape index (κ2) is 4.23. The minimum atomic E-state index is 0.162. The predicted octanol–water partition coefficient (Wildman–Crippen LogP) is 1.71. The van der Waals surface area contributed by atoms with Crippen LogP contribution in [0.4, 0.5) is 5.69 Å². The third kappa shape index (κ3) is 2.49. The molecule has 0 aliphatic heterocycles. The molecule has 0 heterocycles.